The number of carbonyl (C=O) groups excluding carboxylic acids is 1. The fraction of sp³-hybridized carbons (Fsp3) is 0.938. The van der Waals surface area contributed by atoms with Gasteiger partial charge >= 0.3 is 6.03 Å². The van der Waals surface area contributed by atoms with Crippen molar-refractivity contribution < 1.29 is 4.79 Å². The number of amides is 2. The van der Waals surface area contributed by atoms with E-state index in [1.54, 1.807) is 0 Å². The van der Waals surface area contributed by atoms with E-state index in [-0.39, 0.29) is 18.1 Å². The van der Waals surface area contributed by atoms with Crippen molar-refractivity contribution in [3.05, 3.63) is 0 Å². The van der Waals surface area contributed by atoms with Gasteiger partial charge in [-0.25, -0.2) is 4.79 Å². The lowest BCUT2D eigenvalue weighted by Gasteiger charge is -2.34. The zero-order valence-corrected chi connectivity index (χ0v) is 13.0. The first-order valence-corrected chi connectivity index (χ1v) is 8.75. The Morgan fingerprint density at radius 2 is 1.71 bits per heavy atom. The van der Waals surface area contributed by atoms with Crippen LogP contribution in [0.3, 0.4) is 0 Å². The van der Waals surface area contributed by atoms with Crippen molar-refractivity contribution >= 4 is 6.03 Å². The van der Waals surface area contributed by atoms with E-state index in [1.165, 1.54) is 32.2 Å². The number of nitrogens with one attached hydrogen (secondary N) is 2. The van der Waals surface area contributed by atoms with Crippen LogP contribution >= 0.6 is 0 Å². The van der Waals surface area contributed by atoms with E-state index in [4.69, 9.17) is 5.73 Å². The maximum atomic E-state index is 12.1. The molecule has 2 amide bonds. The average Bonchev–Trinajstić information content (AvgIpc) is 3.28. The Kier molecular flexibility index (Phi) is 5.01. The lowest BCUT2D eigenvalue weighted by atomic mass is 9.91. The smallest absolute Gasteiger partial charge is 0.315 e. The van der Waals surface area contributed by atoms with Crippen molar-refractivity contribution in [1.29, 1.82) is 0 Å². The van der Waals surface area contributed by atoms with Crippen molar-refractivity contribution in [1.82, 2.24) is 15.5 Å². The number of rotatable bonds is 4. The first-order valence-electron chi connectivity index (χ1n) is 8.75. The van der Waals surface area contributed by atoms with Crippen LogP contribution in [-0.2, 0) is 0 Å². The number of hydrogen-bond acceptors (Lipinski definition) is 3. The van der Waals surface area contributed by atoms with E-state index >= 15 is 0 Å². The standard InChI is InChI=1S/C16H30N4O/c17-14-3-1-2-4-15(14)19-16(21)18-13-7-9-20(10-8-13)11-12-5-6-12/h12-15H,1-11,17H2,(H2,18,19,21)/t14-,15-/m1/s1. The first-order chi connectivity index (χ1) is 10.2. The second kappa shape index (κ2) is 6.97. The van der Waals surface area contributed by atoms with Gasteiger partial charge in [0.25, 0.3) is 0 Å². The third-order valence-electron chi connectivity index (χ3n) is 5.27. The quantitative estimate of drug-likeness (QED) is 0.734. The molecule has 0 aromatic heterocycles. The van der Waals surface area contributed by atoms with Crippen LogP contribution in [0.4, 0.5) is 4.79 Å². The van der Waals surface area contributed by atoms with E-state index in [9.17, 15) is 4.79 Å². The minimum atomic E-state index is -0.0157. The van der Waals surface area contributed by atoms with Gasteiger partial charge < -0.3 is 21.3 Å². The highest BCUT2D eigenvalue weighted by Crippen LogP contribution is 2.30. The molecule has 1 aliphatic heterocycles. The molecular weight excluding hydrogens is 264 g/mol. The zero-order chi connectivity index (χ0) is 14.7. The number of hydrogen-bond donors (Lipinski definition) is 3. The van der Waals surface area contributed by atoms with Crippen LogP contribution in [-0.4, -0.2) is 48.7 Å². The van der Waals surface area contributed by atoms with Gasteiger partial charge in [0.15, 0.2) is 0 Å². The van der Waals surface area contributed by atoms with Crippen molar-refractivity contribution in [3.8, 4) is 0 Å². The summed E-state index contributed by atoms with van der Waals surface area (Å²) in [7, 11) is 0. The van der Waals surface area contributed by atoms with Crippen molar-refractivity contribution in [3.63, 3.8) is 0 Å². The first kappa shape index (κ1) is 15.1. The topological polar surface area (TPSA) is 70.4 Å². The Balaban J connectivity index is 1.35. The molecule has 4 N–H and O–H groups in total. The molecule has 2 aliphatic carbocycles. The summed E-state index contributed by atoms with van der Waals surface area (Å²) in [6.07, 6.45) is 9.43. The van der Waals surface area contributed by atoms with Crippen LogP contribution in [0, 0.1) is 5.92 Å². The van der Waals surface area contributed by atoms with Crippen LogP contribution in [0.15, 0.2) is 0 Å². The molecular formula is C16H30N4O. The molecule has 0 spiro atoms. The number of urea groups is 1. The predicted octanol–water partition coefficient (Wildman–Crippen LogP) is 1.43. The molecule has 120 valence electrons. The van der Waals surface area contributed by atoms with Crippen LogP contribution in [0.25, 0.3) is 0 Å². The van der Waals surface area contributed by atoms with Crippen molar-refractivity contribution in [2.24, 2.45) is 11.7 Å². The normalized spacial score (nSPS) is 31.9. The lowest BCUT2D eigenvalue weighted by Crippen LogP contribution is -2.55. The third kappa shape index (κ3) is 4.58. The SMILES string of the molecule is N[C@@H]1CCCC[C@H]1NC(=O)NC1CCN(CC2CC2)CC1. The summed E-state index contributed by atoms with van der Waals surface area (Å²) < 4.78 is 0. The molecule has 3 rings (SSSR count). The number of piperidine rings is 1. The molecule has 0 radical (unpaired) electrons. The Hall–Kier alpha value is -0.810. The third-order valence-corrected chi connectivity index (χ3v) is 5.27. The van der Waals surface area contributed by atoms with Crippen LogP contribution in [0.5, 0.6) is 0 Å². The molecule has 0 aromatic rings. The minimum absolute atomic E-state index is 0.0157. The molecule has 2 saturated carbocycles. The monoisotopic (exact) mass is 294 g/mol. The summed E-state index contributed by atoms with van der Waals surface area (Å²) in [5, 5.41) is 6.22. The fourth-order valence-corrected chi connectivity index (χ4v) is 3.66. The lowest BCUT2D eigenvalue weighted by molar-refractivity contribution is 0.184. The maximum Gasteiger partial charge on any atom is 0.315 e. The summed E-state index contributed by atoms with van der Waals surface area (Å²) in [6.45, 7) is 3.53. The predicted molar refractivity (Wildman–Crippen MR) is 84.1 cm³/mol. The van der Waals surface area contributed by atoms with Gasteiger partial charge in [-0.05, 0) is 44.4 Å². The molecule has 3 aliphatic rings. The minimum Gasteiger partial charge on any atom is -0.335 e. The highest BCUT2D eigenvalue weighted by Gasteiger charge is 2.28. The summed E-state index contributed by atoms with van der Waals surface area (Å²) in [5.74, 6) is 0.964. The molecule has 2 atom stereocenters. The van der Waals surface area contributed by atoms with E-state index in [2.05, 4.69) is 15.5 Å². The number of nitrogens with two attached hydrogens (primary N) is 1. The highest BCUT2D eigenvalue weighted by molar-refractivity contribution is 5.74. The molecule has 5 heteroatoms. The Bertz CT molecular complexity index is 350. The van der Waals surface area contributed by atoms with Crippen LogP contribution in [0.2, 0.25) is 0 Å². The molecule has 0 aromatic carbocycles. The van der Waals surface area contributed by atoms with Gasteiger partial charge in [-0.2, -0.15) is 0 Å². The molecule has 1 heterocycles. The molecule has 0 unspecified atom stereocenters. The molecule has 1 saturated heterocycles. The molecule has 21 heavy (non-hydrogen) atoms. The molecule has 0 bridgehead atoms. The second-order valence-corrected chi connectivity index (χ2v) is 7.19. The Morgan fingerprint density at radius 1 is 1.00 bits per heavy atom. The van der Waals surface area contributed by atoms with E-state index in [0.29, 0.717) is 6.04 Å². The number of likely N-dealkylation sites (tertiary alicyclic amines) is 1. The van der Waals surface area contributed by atoms with E-state index in [0.717, 1.165) is 44.7 Å². The van der Waals surface area contributed by atoms with Gasteiger partial charge in [0, 0.05) is 37.8 Å². The maximum absolute atomic E-state index is 12.1. The summed E-state index contributed by atoms with van der Waals surface area (Å²) in [5.41, 5.74) is 6.08. The van der Waals surface area contributed by atoms with Gasteiger partial charge in [0.1, 0.15) is 0 Å². The van der Waals surface area contributed by atoms with Gasteiger partial charge in [0.2, 0.25) is 0 Å². The zero-order valence-electron chi connectivity index (χ0n) is 13.0. The summed E-state index contributed by atoms with van der Waals surface area (Å²) in [6, 6.07) is 0.608. The van der Waals surface area contributed by atoms with Crippen molar-refractivity contribution in [2.75, 3.05) is 19.6 Å². The van der Waals surface area contributed by atoms with Crippen LogP contribution in [0.1, 0.15) is 51.4 Å². The Labute approximate surface area is 128 Å². The highest BCUT2D eigenvalue weighted by atomic mass is 16.2. The number of carbonyl (C=O) groups is 1. The summed E-state index contributed by atoms with van der Waals surface area (Å²) in [4.78, 5) is 14.7. The Morgan fingerprint density at radius 3 is 2.38 bits per heavy atom. The average molecular weight is 294 g/mol. The second-order valence-electron chi connectivity index (χ2n) is 7.19. The van der Waals surface area contributed by atoms with Crippen molar-refractivity contribution in [2.45, 2.75) is 69.5 Å². The van der Waals surface area contributed by atoms with Gasteiger partial charge in [-0.15, -0.1) is 0 Å². The fourth-order valence-electron chi connectivity index (χ4n) is 3.66. The largest absolute Gasteiger partial charge is 0.335 e. The van der Waals surface area contributed by atoms with Crippen LogP contribution < -0.4 is 16.4 Å². The van der Waals surface area contributed by atoms with Gasteiger partial charge in [0.05, 0.1) is 0 Å². The summed E-state index contributed by atoms with van der Waals surface area (Å²) >= 11 is 0. The van der Waals surface area contributed by atoms with E-state index < -0.39 is 0 Å². The van der Waals surface area contributed by atoms with Gasteiger partial charge in [-0.3, -0.25) is 0 Å². The molecule has 3 fully saturated rings. The molecule has 5 nitrogen and oxygen atoms in total. The van der Waals surface area contributed by atoms with E-state index in [1.807, 2.05) is 0 Å². The number of nitrogens with zero attached hydrogens (tertiary/aromatic N) is 1. The van der Waals surface area contributed by atoms with Gasteiger partial charge in [-0.1, -0.05) is 12.8 Å².